The van der Waals surface area contributed by atoms with E-state index in [1.165, 1.54) is 5.56 Å². The van der Waals surface area contributed by atoms with Crippen LogP contribution in [0.1, 0.15) is 43.5 Å². The molecule has 2 aromatic heterocycles. The van der Waals surface area contributed by atoms with Gasteiger partial charge in [-0.25, -0.2) is 4.98 Å². The number of amides is 1. The standard InChI is InChI=1S/C21H32N6O2/c1-16(2)27-13-19(22-15-27)18-12-25(11-17-9-23-24(3)10-17)14-21(18)5-6-26(20(21)28)7-8-29-4/h9-10,13,15-16,18H,5-8,11-12,14H2,1-4H3/t18-,21+/m0/s1. The number of rotatable bonds is 7. The highest BCUT2D eigenvalue weighted by Gasteiger charge is 2.57. The van der Waals surface area contributed by atoms with E-state index in [0.29, 0.717) is 19.2 Å². The first kappa shape index (κ1) is 20.1. The second kappa shape index (κ2) is 7.91. The fraction of sp³-hybridized carbons (Fsp3) is 0.667. The lowest BCUT2D eigenvalue weighted by Crippen LogP contribution is -2.40. The molecule has 4 rings (SSSR count). The van der Waals surface area contributed by atoms with Gasteiger partial charge in [-0.05, 0) is 20.3 Å². The molecule has 0 aliphatic carbocycles. The Morgan fingerprint density at radius 3 is 2.83 bits per heavy atom. The van der Waals surface area contributed by atoms with Crippen molar-refractivity contribution in [1.82, 2.24) is 29.1 Å². The Morgan fingerprint density at radius 2 is 2.17 bits per heavy atom. The molecule has 8 nitrogen and oxygen atoms in total. The third kappa shape index (κ3) is 3.71. The van der Waals surface area contributed by atoms with Crippen LogP contribution in [-0.4, -0.2) is 74.9 Å². The molecule has 0 radical (unpaired) electrons. The number of aromatic nitrogens is 4. The number of nitrogens with zero attached hydrogens (tertiary/aromatic N) is 6. The van der Waals surface area contributed by atoms with E-state index in [0.717, 1.165) is 38.3 Å². The van der Waals surface area contributed by atoms with Crippen LogP contribution in [0.15, 0.2) is 24.9 Å². The van der Waals surface area contributed by atoms with Crippen LogP contribution in [0.4, 0.5) is 0 Å². The molecule has 0 unspecified atom stereocenters. The lowest BCUT2D eigenvalue weighted by Gasteiger charge is -2.28. The van der Waals surface area contributed by atoms with Crippen molar-refractivity contribution in [1.29, 1.82) is 0 Å². The normalized spacial score (nSPS) is 25.2. The Kier molecular flexibility index (Phi) is 5.48. The van der Waals surface area contributed by atoms with Gasteiger partial charge in [-0.2, -0.15) is 5.10 Å². The van der Waals surface area contributed by atoms with Gasteiger partial charge >= 0.3 is 0 Å². The number of imidazole rings is 1. The van der Waals surface area contributed by atoms with Gasteiger partial charge in [-0.1, -0.05) is 0 Å². The van der Waals surface area contributed by atoms with Gasteiger partial charge in [0.2, 0.25) is 5.91 Å². The molecule has 0 N–H and O–H groups in total. The highest BCUT2D eigenvalue weighted by molar-refractivity contribution is 5.86. The third-order valence-corrected chi connectivity index (χ3v) is 6.46. The lowest BCUT2D eigenvalue weighted by atomic mass is 9.75. The number of aryl methyl sites for hydroxylation is 1. The summed E-state index contributed by atoms with van der Waals surface area (Å²) in [5.74, 6) is 0.367. The molecule has 29 heavy (non-hydrogen) atoms. The Balaban J connectivity index is 1.61. The highest BCUT2D eigenvalue weighted by atomic mass is 16.5. The van der Waals surface area contributed by atoms with Gasteiger partial charge < -0.3 is 14.2 Å². The van der Waals surface area contributed by atoms with Gasteiger partial charge in [0, 0.05) is 76.8 Å². The first-order valence-electron chi connectivity index (χ1n) is 10.4. The van der Waals surface area contributed by atoms with E-state index in [1.807, 2.05) is 29.2 Å². The van der Waals surface area contributed by atoms with Crippen LogP contribution in [-0.2, 0) is 23.1 Å². The number of methoxy groups -OCH3 is 1. The number of ether oxygens (including phenoxy) is 1. The van der Waals surface area contributed by atoms with Crippen molar-refractivity contribution in [2.45, 2.75) is 38.8 Å². The maximum atomic E-state index is 13.6. The molecule has 1 spiro atoms. The van der Waals surface area contributed by atoms with Gasteiger partial charge in [0.25, 0.3) is 0 Å². The van der Waals surface area contributed by atoms with Crippen molar-refractivity contribution in [3.63, 3.8) is 0 Å². The molecule has 0 saturated carbocycles. The fourth-order valence-electron chi connectivity index (χ4n) is 4.87. The highest BCUT2D eigenvalue weighted by Crippen LogP contribution is 2.49. The molecular formula is C21H32N6O2. The summed E-state index contributed by atoms with van der Waals surface area (Å²) >= 11 is 0. The SMILES string of the molecule is COCCN1CC[C@]2(CN(Cc3cnn(C)c3)C[C@H]2c2cn(C(C)C)cn2)C1=O. The summed E-state index contributed by atoms with van der Waals surface area (Å²) in [5.41, 5.74) is 1.82. The number of hydrogen-bond acceptors (Lipinski definition) is 5. The Bertz CT molecular complexity index is 859. The van der Waals surface area contributed by atoms with E-state index < -0.39 is 5.41 Å². The zero-order valence-electron chi connectivity index (χ0n) is 17.9. The molecule has 8 heteroatoms. The molecule has 2 atom stereocenters. The maximum Gasteiger partial charge on any atom is 0.230 e. The molecule has 0 aromatic carbocycles. The Hall–Kier alpha value is -2.19. The van der Waals surface area contributed by atoms with Crippen LogP contribution < -0.4 is 0 Å². The van der Waals surface area contributed by atoms with Crippen molar-refractivity contribution >= 4 is 5.91 Å². The summed E-state index contributed by atoms with van der Waals surface area (Å²) in [4.78, 5) is 22.7. The fourth-order valence-corrected chi connectivity index (χ4v) is 4.87. The van der Waals surface area contributed by atoms with Gasteiger partial charge in [0.05, 0.1) is 30.2 Å². The van der Waals surface area contributed by atoms with Gasteiger partial charge in [-0.15, -0.1) is 0 Å². The summed E-state index contributed by atoms with van der Waals surface area (Å²) < 4.78 is 9.18. The third-order valence-electron chi connectivity index (χ3n) is 6.46. The molecule has 2 saturated heterocycles. The zero-order valence-corrected chi connectivity index (χ0v) is 17.9. The Labute approximate surface area is 172 Å². The van der Waals surface area contributed by atoms with Crippen molar-refractivity contribution in [2.75, 3.05) is 39.9 Å². The van der Waals surface area contributed by atoms with Crippen LogP contribution in [0, 0.1) is 5.41 Å². The van der Waals surface area contributed by atoms with E-state index in [-0.39, 0.29) is 11.8 Å². The molecular weight excluding hydrogens is 368 g/mol. The quantitative estimate of drug-likeness (QED) is 0.707. The minimum atomic E-state index is -0.397. The average Bonchev–Trinajstić information content (AvgIpc) is 3.44. The monoisotopic (exact) mass is 400 g/mol. The van der Waals surface area contributed by atoms with Gasteiger partial charge in [0.1, 0.15) is 0 Å². The first-order valence-corrected chi connectivity index (χ1v) is 10.4. The molecule has 0 bridgehead atoms. The molecule has 2 aromatic rings. The van der Waals surface area contributed by atoms with E-state index in [2.05, 4.69) is 40.8 Å². The Morgan fingerprint density at radius 1 is 1.34 bits per heavy atom. The first-order chi connectivity index (χ1) is 13.9. The zero-order chi connectivity index (χ0) is 20.6. The van der Waals surface area contributed by atoms with E-state index >= 15 is 0 Å². The van der Waals surface area contributed by atoms with Crippen LogP contribution in [0.5, 0.6) is 0 Å². The topological polar surface area (TPSA) is 68.4 Å². The molecule has 2 fully saturated rings. The predicted molar refractivity (Wildman–Crippen MR) is 109 cm³/mol. The molecule has 2 aliphatic heterocycles. The van der Waals surface area contributed by atoms with Gasteiger partial charge in [-0.3, -0.25) is 14.4 Å². The molecule has 2 aliphatic rings. The smallest absolute Gasteiger partial charge is 0.230 e. The van der Waals surface area contributed by atoms with E-state index in [9.17, 15) is 4.79 Å². The largest absolute Gasteiger partial charge is 0.383 e. The second-order valence-electron chi connectivity index (χ2n) is 8.78. The van der Waals surface area contributed by atoms with Crippen LogP contribution in [0.2, 0.25) is 0 Å². The van der Waals surface area contributed by atoms with E-state index in [4.69, 9.17) is 9.72 Å². The van der Waals surface area contributed by atoms with Crippen LogP contribution in [0.25, 0.3) is 0 Å². The summed E-state index contributed by atoms with van der Waals surface area (Å²) in [6, 6.07) is 0.359. The predicted octanol–water partition coefficient (Wildman–Crippen LogP) is 1.66. The lowest BCUT2D eigenvalue weighted by molar-refractivity contribution is -0.136. The van der Waals surface area contributed by atoms with Crippen molar-refractivity contribution in [3.8, 4) is 0 Å². The summed E-state index contributed by atoms with van der Waals surface area (Å²) in [6.45, 7) is 8.75. The molecule has 158 valence electrons. The van der Waals surface area contributed by atoms with Gasteiger partial charge in [0.15, 0.2) is 0 Å². The maximum absolute atomic E-state index is 13.6. The molecule has 1 amide bonds. The summed E-state index contributed by atoms with van der Waals surface area (Å²) in [5, 5.41) is 4.29. The van der Waals surface area contributed by atoms with Crippen molar-refractivity contribution in [2.24, 2.45) is 12.5 Å². The average molecular weight is 401 g/mol. The number of likely N-dealkylation sites (tertiary alicyclic amines) is 2. The van der Waals surface area contributed by atoms with Crippen LogP contribution in [0.3, 0.4) is 0 Å². The van der Waals surface area contributed by atoms with Crippen molar-refractivity contribution in [3.05, 3.63) is 36.2 Å². The number of hydrogen-bond donors (Lipinski definition) is 0. The summed E-state index contributed by atoms with van der Waals surface area (Å²) in [7, 11) is 3.62. The number of carbonyl (C=O) groups is 1. The summed E-state index contributed by atoms with van der Waals surface area (Å²) in [6.07, 6.45) is 8.87. The number of carbonyl (C=O) groups excluding carboxylic acids is 1. The molecule has 4 heterocycles. The van der Waals surface area contributed by atoms with Crippen LogP contribution >= 0.6 is 0 Å². The minimum absolute atomic E-state index is 0.110. The minimum Gasteiger partial charge on any atom is -0.383 e. The van der Waals surface area contributed by atoms with Crippen molar-refractivity contribution < 1.29 is 9.53 Å². The second-order valence-corrected chi connectivity index (χ2v) is 8.78. The van der Waals surface area contributed by atoms with E-state index in [1.54, 1.807) is 7.11 Å².